The predicted molar refractivity (Wildman–Crippen MR) is 235 cm³/mol. The van der Waals surface area contributed by atoms with Crippen LogP contribution < -0.4 is 11.1 Å². The fourth-order valence-corrected chi connectivity index (χ4v) is 8.77. The van der Waals surface area contributed by atoms with Crippen molar-refractivity contribution in [2.45, 2.75) is 62.4 Å². The predicted octanol–water partition coefficient (Wildman–Crippen LogP) is 6.41. The van der Waals surface area contributed by atoms with Crippen LogP contribution in [-0.4, -0.2) is 89.9 Å². The monoisotopic (exact) mass is 827 g/mol. The summed E-state index contributed by atoms with van der Waals surface area (Å²) in [7, 11) is 0. The molecule has 9 rings (SSSR count). The molecule has 0 saturated carbocycles. The van der Waals surface area contributed by atoms with Gasteiger partial charge >= 0.3 is 6.03 Å². The number of carbonyl (C=O) groups is 3. The van der Waals surface area contributed by atoms with Crippen molar-refractivity contribution in [3.63, 3.8) is 0 Å². The molecule has 5 atom stereocenters. The van der Waals surface area contributed by atoms with Crippen LogP contribution in [0.3, 0.4) is 0 Å². The Morgan fingerprint density at radius 2 is 1.16 bits per heavy atom. The number of rotatable bonds is 9. The van der Waals surface area contributed by atoms with Crippen LogP contribution in [-0.2, 0) is 9.59 Å². The van der Waals surface area contributed by atoms with E-state index in [-0.39, 0.29) is 36.5 Å². The molecule has 0 aliphatic carbocycles. The summed E-state index contributed by atoms with van der Waals surface area (Å²) in [5.41, 5.74) is 13.2. The first-order valence-corrected chi connectivity index (χ1v) is 21.3. The minimum Gasteiger partial charge on any atom is -0.391 e. The summed E-state index contributed by atoms with van der Waals surface area (Å²) in [4.78, 5) is 62.3. The summed E-state index contributed by atoms with van der Waals surface area (Å²) in [6.07, 6.45) is 6.86. The van der Waals surface area contributed by atoms with E-state index in [1.54, 1.807) is 11.1 Å². The van der Waals surface area contributed by atoms with Gasteiger partial charge in [-0.3, -0.25) is 9.59 Å². The molecule has 5 heterocycles. The third-order valence-corrected chi connectivity index (χ3v) is 12.2. The highest BCUT2D eigenvalue weighted by Gasteiger charge is 2.38. The van der Waals surface area contributed by atoms with E-state index < -0.39 is 18.2 Å². The molecule has 6 N–H and O–H groups in total. The van der Waals surface area contributed by atoms with E-state index in [4.69, 9.17) is 10.7 Å². The first kappa shape index (κ1) is 40.4. The van der Waals surface area contributed by atoms with Gasteiger partial charge in [-0.1, -0.05) is 96.8 Å². The van der Waals surface area contributed by atoms with Gasteiger partial charge in [0, 0.05) is 37.3 Å². The van der Waals surface area contributed by atoms with Crippen molar-refractivity contribution in [1.29, 1.82) is 0 Å². The first-order chi connectivity index (χ1) is 30.3. The number of hydrogen-bond acceptors (Lipinski definition) is 7. The number of β-amino-alcohol motifs (C(OH)–C–C–N with tert-alkyl or cyclic N) is 1. The zero-order chi connectivity index (χ0) is 42.6. The molecule has 6 aromatic rings. The number of urea groups is 1. The van der Waals surface area contributed by atoms with Crippen molar-refractivity contribution >= 4 is 17.8 Å². The lowest BCUT2D eigenvalue weighted by atomic mass is 10.0. The minimum atomic E-state index is -0.869. The molecular weight excluding hydrogens is 779 g/mol. The Bertz CT molecular complexity index is 2580. The Morgan fingerprint density at radius 3 is 1.66 bits per heavy atom. The van der Waals surface area contributed by atoms with Crippen molar-refractivity contribution in [3.8, 4) is 34.4 Å². The number of imidazole rings is 2. The molecule has 13 heteroatoms. The maximum Gasteiger partial charge on any atom is 0.318 e. The number of amides is 4. The number of likely N-dealkylation sites (tertiary alicyclic amines) is 3. The molecule has 2 aromatic heterocycles. The summed E-state index contributed by atoms with van der Waals surface area (Å²) in [6.45, 7) is 1.89. The lowest BCUT2D eigenvalue weighted by Crippen LogP contribution is -2.47. The van der Waals surface area contributed by atoms with Gasteiger partial charge in [-0.2, -0.15) is 0 Å². The zero-order valence-electron chi connectivity index (χ0n) is 34.3. The Balaban J connectivity index is 0.828. The minimum absolute atomic E-state index is 0.0927. The quantitative estimate of drug-likeness (QED) is 0.105. The van der Waals surface area contributed by atoms with Crippen molar-refractivity contribution in [1.82, 2.24) is 40.0 Å². The van der Waals surface area contributed by atoms with Gasteiger partial charge in [0.25, 0.3) is 0 Å². The van der Waals surface area contributed by atoms with E-state index >= 15 is 0 Å². The number of hydrogen-bond donors (Lipinski definition) is 5. The number of nitrogens with two attached hydrogens (primary N) is 1. The SMILES string of the molecule is N[C@@H](C(=O)N1CCC[C@H]1c1ncc(-c2ccc(C#Cc3ccc(-c4cnc([C@@H]5CCCN5C(=O)[C@H](NC(=O)N5CC[C@@H](O)C5)c5ccccc5)[nH]4)cc3)cc2)[nH]1)c1ccccc1. The van der Waals surface area contributed by atoms with Crippen LogP contribution >= 0.6 is 0 Å². The number of carbonyl (C=O) groups excluding carboxylic acids is 3. The molecule has 0 unspecified atom stereocenters. The van der Waals surface area contributed by atoms with Crippen LogP contribution in [0.5, 0.6) is 0 Å². The second-order valence-electron chi connectivity index (χ2n) is 16.2. The van der Waals surface area contributed by atoms with Gasteiger partial charge in [0.15, 0.2) is 0 Å². The average Bonchev–Trinajstić information content (AvgIpc) is 4.18. The Hall–Kier alpha value is -7.01. The lowest BCUT2D eigenvalue weighted by Gasteiger charge is -2.30. The zero-order valence-corrected chi connectivity index (χ0v) is 34.3. The summed E-state index contributed by atoms with van der Waals surface area (Å²) in [5, 5.41) is 12.9. The van der Waals surface area contributed by atoms with E-state index in [2.05, 4.69) is 32.1 Å². The number of nitrogens with zero attached hydrogens (tertiary/aromatic N) is 5. The van der Waals surface area contributed by atoms with Crippen molar-refractivity contribution in [2.24, 2.45) is 5.73 Å². The normalized spacial score (nSPS) is 19.5. The van der Waals surface area contributed by atoms with E-state index in [1.165, 1.54) is 0 Å². The first-order valence-electron chi connectivity index (χ1n) is 21.3. The average molecular weight is 828 g/mol. The molecule has 62 heavy (non-hydrogen) atoms. The van der Waals surface area contributed by atoms with E-state index in [0.29, 0.717) is 37.4 Å². The molecule has 314 valence electrons. The number of aromatic amines is 2. The van der Waals surface area contributed by atoms with Gasteiger partial charge in [-0.05, 0) is 78.6 Å². The van der Waals surface area contributed by atoms with Gasteiger partial charge in [-0.25, -0.2) is 14.8 Å². The second-order valence-corrected chi connectivity index (χ2v) is 16.2. The summed E-state index contributed by atoms with van der Waals surface area (Å²) in [6, 6.07) is 32.4. The van der Waals surface area contributed by atoms with Crippen molar-refractivity contribution in [3.05, 3.63) is 155 Å². The van der Waals surface area contributed by atoms with Crippen LogP contribution in [0.4, 0.5) is 4.79 Å². The molecule has 0 bridgehead atoms. The summed E-state index contributed by atoms with van der Waals surface area (Å²) in [5.74, 6) is 7.71. The highest BCUT2D eigenvalue weighted by molar-refractivity contribution is 5.89. The second kappa shape index (κ2) is 17.9. The largest absolute Gasteiger partial charge is 0.391 e. The molecular formula is C49H49N9O4. The molecule has 4 aromatic carbocycles. The number of benzene rings is 4. The third kappa shape index (κ3) is 8.61. The number of aliphatic hydroxyl groups excluding tert-OH is 1. The van der Waals surface area contributed by atoms with E-state index in [9.17, 15) is 19.5 Å². The molecule has 3 fully saturated rings. The van der Waals surface area contributed by atoms with E-state index in [0.717, 1.165) is 70.7 Å². The van der Waals surface area contributed by atoms with Gasteiger partial charge < -0.3 is 40.8 Å². The van der Waals surface area contributed by atoms with Gasteiger partial charge in [0.1, 0.15) is 23.7 Å². The van der Waals surface area contributed by atoms with Crippen molar-refractivity contribution in [2.75, 3.05) is 26.2 Å². The fraction of sp³-hybridized carbons (Fsp3) is 0.286. The molecule has 0 spiro atoms. The number of nitrogens with one attached hydrogen (secondary N) is 3. The highest BCUT2D eigenvalue weighted by atomic mass is 16.3. The van der Waals surface area contributed by atoms with Crippen LogP contribution in [0.15, 0.2) is 122 Å². The van der Waals surface area contributed by atoms with Gasteiger partial charge in [0.05, 0.1) is 42.0 Å². The molecule has 0 radical (unpaired) electrons. The van der Waals surface area contributed by atoms with Crippen LogP contribution in [0.2, 0.25) is 0 Å². The smallest absolute Gasteiger partial charge is 0.318 e. The topological polar surface area (TPSA) is 177 Å². The molecule has 4 amide bonds. The summed E-state index contributed by atoms with van der Waals surface area (Å²) < 4.78 is 0. The molecule has 3 aliphatic heterocycles. The van der Waals surface area contributed by atoms with Crippen molar-refractivity contribution < 1.29 is 19.5 Å². The summed E-state index contributed by atoms with van der Waals surface area (Å²) >= 11 is 0. The maximum atomic E-state index is 14.2. The fourth-order valence-electron chi connectivity index (χ4n) is 8.77. The van der Waals surface area contributed by atoms with Gasteiger partial charge in [-0.15, -0.1) is 0 Å². The Morgan fingerprint density at radius 1 is 0.661 bits per heavy atom. The molecule has 3 saturated heterocycles. The Kier molecular flexibility index (Phi) is 11.7. The third-order valence-electron chi connectivity index (χ3n) is 12.2. The number of aromatic nitrogens is 4. The standard InChI is InChI=1S/C49H49N9O4/c50-43(36-9-3-1-4-10-36)47(60)57-26-7-13-41(57)45-51-29-39(53-45)34-21-17-32(18-22-34)15-16-33-19-23-35(24-20-33)40-30-52-46(54-40)42-14-8-27-58(42)48(61)44(37-11-5-2-6-12-37)55-49(62)56-28-25-38(59)31-56/h1-6,9-12,17-24,29-30,38,41-44,59H,7-8,13-14,25-28,31,50H2,(H,51,53)(H,52,54)(H,55,62)/t38-,41+,42+,43-,44-/m1/s1. The number of H-pyrrole nitrogens is 2. The number of aliphatic hydroxyl groups is 1. The van der Waals surface area contributed by atoms with Crippen LogP contribution in [0.25, 0.3) is 22.5 Å². The lowest BCUT2D eigenvalue weighted by molar-refractivity contribution is -0.135. The van der Waals surface area contributed by atoms with Crippen LogP contribution in [0, 0.1) is 11.8 Å². The Labute approximate surface area is 360 Å². The van der Waals surface area contributed by atoms with Crippen LogP contribution in [0.1, 0.15) is 90.2 Å². The van der Waals surface area contributed by atoms with Gasteiger partial charge in [0.2, 0.25) is 11.8 Å². The highest BCUT2D eigenvalue weighted by Crippen LogP contribution is 2.35. The molecule has 13 nitrogen and oxygen atoms in total. The van der Waals surface area contributed by atoms with E-state index in [1.807, 2.05) is 125 Å². The maximum absolute atomic E-state index is 14.2. The molecule has 3 aliphatic rings.